The first kappa shape index (κ1) is 15.2. The number of aryl methyl sites for hydroxylation is 2. The minimum Gasteiger partial charge on any atom is -0.316 e. The lowest BCUT2D eigenvalue weighted by Crippen LogP contribution is -2.44. The van der Waals surface area contributed by atoms with Gasteiger partial charge in [-0.2, -0.15) is 0 Å². The summed E-state index contributed by atoms with van der Waals surface area (Å²) in [6.45, 7) is 7.02. The van der Waals surface area contributed by atoms with Crippen LogP contribution in [0.1, 0.15) is 28.5 Å². The molecule has 1 saturated heterocycles. The van der Waals surface area contributed by atoms with Gasteiger partial charge in [-0.3, -0.25) is 4.79 Å². The van der Waals surface area contributed by atoms with E-state index in [-0.39, 0.29) is 5.56 Å². The van der Waals surface area contributed by atoms with E-state index in [4.69, 9.17) is 0 Å². The molecule has 2 aliphatic heterocycles. The monoisotopic (exact) mass is 352 g/mol. The summed E-state index contributed by atoms with van der Waals surface area (Å²) in [5.41, 5.74) is 4.28. The van der Waals surface area contributed by atoms with Gasteiger partial charge in [-0.15, -0.1) is 11.3 Å². The fourth-order valence-electron chi connectivity index (χ4n) is 4.34. The average molecular weight is 352 g/mol. The minimum absolute atomic E-state index is 0.0977. The summed E-state index contributed by atoms with van der Waals surface area (Å²) in [5, 5.41) is 4.60. The van der Waals surface area contributed by atoms with Crippen LogP contribution < -0.4 is 10.9 Å². The van der Waals surface area contributed by atoms with Gasteiger partial charge in [0.2, 0.25) is 0 Å². The number of aromatic nitrogens is 3. The zero-order valence-electron chi connectivity index (χ0n) is 14.4. The molecule has 0 spiro atoms. The van der Waals surface area contributed by atoms with E-state index in [1.54, 1.807) is 23.7 Å². The highest BCUT2D eigenvalue weighted by atomic mass is 32.1. The van der Waals surface area contributed by atoms with Gasteiger partial charge in [-0.05, 0) is 44.4 Å². The van der Waals surface area contributed by atoms with Crippen LogP contribution >= 0.6 is 11.3 Å². The number of pyridine rings is 1. The fraction of sp³-hybridized carbons (Fsp3) is 0.421. The van der Waals surface area contributed by atoms with Gasteiger partial charge >= 0.3 is 0 Å². The van der Waals surface area contributed by atoms with Gasteiger partial charge in [0.1, 0.15) is 11.2 Å². The van der Waals surface area contributed by atoms with Crippen molar-refractivity contribution < 1.29 is 0 Å². The van der Waals surface area contributed by atoms with Crippen molar-refractivity contribution >= 4 is 21.6 Å². The number of hydrogen-bond donors (Lipinski definition) is 1. The maximum Gasteiger partial charge on any atom is 0.251 e. The molecule has 128 valence electrons. The molecular weight excluding hydrogens is 332 g/mol. The molecule has 5 nitrogen and oxygen atoms in total. The van der Waals surface area contributed by atoms with Crippen molar-refractivity contribution in [2.45, 2.75) is 32.7 Å². The van der Waals surface area contributed by atoms with Gasteiger partial charge in [0.15, 0.2) is 0 Å². The first-order chi connectivity index (χ1) is 12.1. The van der Waals surface area contributed by atoms with Crippen LogP contribution in [0, 0.1) is 19.8 Å². The summed E-state index contributed by atoms with van der Waals surface area (Å²) in [5.74, 6) is 0.991. The Morgan fingerprint density at radius 1 is 1.24 bits per heavy atom. The molecule has 1 fully saturated rings. The van der Waals surface area contributed by atoms with Crippen LogP contribution in [0.5, 0.6) is 0 Å². The standard InChI is InChI=1S/C19H20N4OS/c1-10-11(2)25-19-17(10)18(21-9-22-19)13-4-15-14-3-12(6-20-7-14)8-23(15)16(24)5-13/h4-5,9,12,14,20H,3,6-8H2,1-2H3/t12-,14+/m0/s1. The summed E-state index contributed by atoms with van der Waals surface area (Å²) >= 11 is 1.69. The molecule has 25 heavy (non-hydrogen) atoms. The van der Waals surface area contributed by atoms with Gasteiger partial charge in [-0.25, -0.2) is 9.97 Å². The van der Waals surface area contributed by atoms with Gasteiger partial charge in [-0.1, -0.05) is 0 Å². The van der Waals surface area contributed by atoms with Crippen LogP contribution in [0.15, 0.2) is 23.3 Å². The Morgan fingerprint density at radius 2 is 2.12 bits per heavy atom. The van der Waals surface area contributed by atoms with E-state index >= 15 is 0 Å². The number of rotatable bonds is 1. The predicted molar refractivity (Wildman–Crippen MR) is 100 cm³/mol. The van der Waals surface area contributed by atoms with Crippen LogP contribution in [0.2, 0.25) is 0 Å². The molecule has 1 N–H and O–H groups in total. The second-order valence-corrected chi connectivity index (χ2v) is 8.46. The van der Waals surface area contributed by atoms with E-state index in [9.17, 15) is 4.79 Å². The number of piperidine rings is 1. The highest BCUT2D eigenvalue weighted by Crippen LogP contribution is 2.37. The first-order valence-electron chi connectivity index (χ1n) is 8.78. The van der Waals surface area contributed by atoms with Crippen molar-refractivity contribution in [1.29, 1.82) is 0 Å². The summed E-state index contributed by atoms with van der Waals surface area (Å²) in [6.07, 6.45) is 2.79. The Morgan fingerprint density at radius 3 is 3.00 bits per heavy atom. The zero-order valence-corrected chi connectivity index (χ0v) is 15.2. The zero-order chi connectivity index (χ0) is 17.1. The minimum atomic E-state index is 0.0977. The van der Waals surface area contributed by atoms with Gasteiger partial charge in [0.05, 0.1) is 5.69 Å². The molecular formula is C19H20N4OS. The molecule has 2 atom stereocenters. The molecule has 2 aliphatic rings. The largest absolute Gasteiger partial charge is 0.316 e. The Kier molecular flexibility index (Phi) is 3.33. The van der Waals surface area contributed by atoms with Crippen molar-refractivity contribution in [3.8, 4) is 11.3 Å². The number of nitrogens with zero attached hydrogens (tertiary/aromatic N) is 3. The summed E-state index contributed by atoms with van der Waals surface area (Å²) < 4.78 is 1.98. The van der Waals surface area contributed by atoms with E-state index in [0.29, 0.717) is 11.8 Å². The first-order valence-corrected chi connectivity index (χ1v) is 9.60. The molecule has 3 aromatic heterocycles. The molecule has 6 heteroatoms. The smallest absolute Gasteiger partial charge is 0.251 e. The quantitative estimate of drug-likeness (QED) is 0.732. The third-order valence-corrected chi connectivity index (χ3v) is 6.81. The van der Waals surface area contributed by atoms with Crippen molar-refractivity contribution in [1.82, 2.24) is 19.9 Å². The molecule has 5 heterocycles. The third kappa shape index (κ3) is 2.28. The molecule has 0 saturated carbocycles. The maximum absolute atomic E-state index is 12.8. The Labute approximate surface area is 149 Å². The summed E-state index contributed by atoms with van der Waals surface area (Å²) in [7, 11) is 0. The summed E-state index contributed by atoms with van der Waals surface area (Å²) in [4.78, 5) is 24.0. The normalized spacial score (nSPS) is 22.2. The average Bonchev–Trinajstić information content (AvgIpc) is 2.90. The third-order valence-electron chi connectivity index (χ3n) is 5.70. The summed E-state index contributed by atoms with van der Waals surface area (Å²) in [6, 6.07) is 3.94. The van der Waals surface area contributed by atoms with Crippen LogP contribution in [0.4, 0.5) is 0 Å². The Hall–Kier alpha value is -2.05. The molecule has 0 amide bonds. The number of fused-ring (bicyclic) bond motifs is 5. The molecule has 0 radical (unpaired) electrons. The molecule has 2 bridgehead atoms. The molecule has 5 rings (SSSR count). The number of thiophene rings is 1. The lowest BCUT2D eigenvalue weighted by Gasteiger charge is -2.37. The Balaban J connectivity index is 1.74. The van der Waals surface area contributed by atoms with Crippen molar-refractivity contribution in [2.75, 3.05) is 13.1 Å². The van der Waals surface area contributed by atoms with E-state index in [1.165, 1.54) is 16.9 Å². The van der Waals surface area contributed by atoms with Crippen molar-refractivity contribution in [3.05, 3.63) is 44.9 Å². The fourth-order valence-corrected chi connectivity index (χ4v) is 5.34. The van der Waals surface area contributed by atoms with E-state index in [0.717, 1.165) is 46.8 Å². The molecule has 0 aromatic carbocycles. The lowest BCUT2D eigenvalue weighted by molar-refractivity contribution is 0.257. The van der Waals surface area contributed by atoms with Gasteiger partial charge in [0, 0.05) is 46.6 Å². The highest BCUT2D eigenvalue weighted by Gasteiger charge is 2.31. The predicted octanol–water partition coefficient (Wildman–Crippen LogP) is 2.84. The number of hydrogen-bond acceptors (Lipinski definition) is 5. The van der Waals surface area contributed by atoms with Crippen LogP contribution in [-0.4, -0.2) is 27.6 Å². The molecule has 3 aromatic rings. The van der Waals surface area contributed by atoms with Gasteiger partial charge in [0.25, 0.3) is 5.56 Å². The molecule has 0 aliphatic carbocycles. The van der Waals surface area contributed by atoms with Crippen LogP contribution in [0.25, 0.3) is 21.5 Å². The van der Waals surface area contributed by atoms with E-state index in [1.807, 2.05) is 4.57 Å². The maximum atomic E-state index is 12.8. The van der Waals surface area contributed by atoms with Crippen LogP contribution in [0.3, 0.4) is 0 Å². The highest BCUT2D eigenvalue weighted by molar-refractivity contribution is 7.18. The van der Waals surface area contributed by atoms with Crippen molar-refractivity contribution in [3.63, 3.8) is 0 Å². The topological polar surface area (TPSA) is 59.8 Å². The second kappa shape index (κ2) is 5.47. The SMILES string of the molecule is Cc1sc2ncnc(-c3cc4n(c(=O)c3)C[C@@H]3CNC[C@H]4C3)c2c1C. The lowest BCUT2D eigenvalue weighted by atomic mass is 9.83. The number of nitrogens with one attached hydrogen (secondary N) is 1. The molecule has 0 unspecified atom stereocenters. The second-order valence-electron chi connectivity index (χ2n) is 7.26. The Bertz CT molecular complexity index is 1050. The van der Waals surface area contributed by atoms with E-state index in [2.05, 4.69) is 35.2 Å². The van der Waals surface area contributed by atoms with Crippen LogP contribution in [-0.2, 0) is 6.54 Å². The van der Waals surface area contributed by atoms with Crippen molar-refractivity contribution in [2.24, 2.45) is 5.92 Å². The van der Waals surface area contributed by atoms with Gasteiger partial charge < -0.3 is 9.88 Å². The van der Waals surface area contributed by atoms with E-state index < -0.39 is 0 Å².